The molecule has 1 aromatic carbocycles. The van der Waals surface area contributed by atoms with Gasteiger partial charge in [-0.05, 0) is 39.1 Å². The van der Waals surface area contributed by atoms with Gasteiger partial charge in [0.15, 0.2) is 0 Å². The van der Waals surface area contributed by atoms with Crippen LogP contribution in [0.3, 0.4) is 0 Å². The van der Waals surface area contributed by atoms with E-state index in [1.165, 1.54) is 0 Å². The van der Waals surface area contributed by atoms with Gasteiger partial charge < -0.3 is 10.2 Å². The van der Waals surface area contributed by atoms with Crippen LogP contribution in [0.4, 0.5) is 5.69 Å². The Hall–Kier alpha value is -1.11. The van der Waals surface area contributed by atoms with Gasteiger partial charge in [0.2, 0.25) is 10.0 Å². The fraction of sp³-hybridized carbons (Fsp3) is 0.600. The third-order valence-corrected chi connectivity index (χ3v) is 4.97. The molecule has 0 heterocycles. The van der Waals surface area contributed by atoms with Gasteiger partial charge >= 0.3 is 0 Å². The Labute approximate surface area is 128 Å². The summed E-state index contributed by atoms with van der Waals surface area (Å²) < 4.78 is 27.8. The van der Waals surface area contributed by atoms with Crippen molar-refractivity contribution in [3.8, 4) is 0 Å². The smallest absolute Gasteiger partial charge is 0.242 e. The third-order valence-electron chi connectivity index (χ3n) is 3.33. The third kappa shape index (κ3) is 5.30. The molecule has 0 aromatic heterocycles. The molecule has 0 spiro atoms. The summed E-state index contributed by atoms with van der Waals surface area (Å²) in [5.74, 6) is 0. The predicted octanol–water partition coefficient (Wildman–Crippen LogP) is 2.13. The van der Waals surface area contributed by atoms with E-state index in [-0.39, 0.29) is 6.04 Å². The second-order valence-corrected chi connectivity index (χ2v) is 6.72. The van der Waals surface area contributed by atoms with Crippen LogP contribution in [0.15, 0.2) is 29.2 Å². The standard InChI is InChI=1S/C15H27N3O2S/c1-5-16-14-10-8-9-11-15(14)21(19,20)17-13(4)12-18(6-2)7-3/h8-11,13,16-17H,5-7,12H2,1-4H3. The van der Waals surface area contributed by atoms with E-state index in [1.54, 1.807) is 18.2 Å². The highest BCUT2D eigenvalue weighted by Gasteiger charge is 2.21. The Balaban J connectivity index is 2.86. The van der Waals surface area contributed by atoms with Crippen LogP contribution in [0.5, 0.6) is 0 Å². The number of anilines is 1. The lowest BCUT2D eigenvalue weighted by Crippen LogP contribution is -2.42. The van der Waals surface area contributed by atoms with Crippen molar-refractivity contribution in [2.45, 2.75) is 38.6 Å². The minimum absolute atomic E-state index is 0.135. The summed E-state index contributed by atoms with van der Waals surface area (Å²) in [6, 6.07) is 6.85. The molecule has 120 valence electrons. The number of hydrogen-bond donors (Lipinski definition) is 2. The number of nitrogens with one attached hydrogen (secondary N) is 2. The second-order valence-electron chi connectivity index (χ2n) is 5.03. The van der Waals surface area contributed by atoms with Crippen molar-refractivity contribution < 1.29 is 8.42 Å². The quantitative estimate of drug-likeness (QED) is 0.733. The summed E-state index contributed by atoms with van der Waals surface area (Å²) >= 11 is 0. The maximum Gasteiger partial charge on any atom is 0.242 e. The molecule has 2 N–H and O–H groups in total. The van der Waals surface area contributed by atoms with E-state index in [0.29, 0.717) is 23.7 Å². The first-order valence-electron chi connectivity index (χ1n) is 7.52. The van der Waals surface area contributed by atoms with Gasteiger partial charge in [-0.25, -0.2) is 13.1 Å². The van der Waals surface area contributed by atoms with Crippen LogP contribution >= 0.6 is 0 Å². The van der Waals surface area contributed by atoms with Gasteiger partial charge in [0.1, 0.15) is 4.90 Å². The fourth-order valence-corrected chi connectivity index (χ4v) is 3.69. The largest absolute Gasteiger partial charge is 0.384 e. The van der Waals surface area contributed by atoms with E-state index in [9.17, 15) is 8.42 Å². The molecule has 21 heavy (non-hydrogen) atoms. The molecule has 0 radical (unpaired) electrons. The molecule has 0 aliphatic carbocycles. The minimum Gasteiger partial charge on any atom is -0.384 e. The Morgan fingerprint density at radius 3 is 2.33 bits per heavy atom. The Morgan fingerprint density at radius 1 is 1.14 bits per heavy atom. The zero-order valence-corrected chi connectivity index (χ0v) is 14.2. The van der Waals surface area contributed by atoms with Crippen molar-refractivity contribution in [1.29, 1.82) is 0 Å². The molecule has 0 fully saturated rings. The van der Waals surface area contributed by atoms with Crippen LogP contribution in [0, 0.1) is 0 Å². The number of benzene rings is 1. The van der Waals surface area contributed by atoms with Crippen LogP contribution in [0.1, 0.15) is 27.7 Å². The normalized spacial score (nSPS) is 13.4. The van der Waals surface area contributed by atoms with E-state index in [0.717, 1.165) is 13.1 Å². The molecular formula is C15H27N3O2S. The monoisotopic (exact) mass is 313 g/mol. The summed E-state index contributed by atoms with van der Waals surface area (Å²) in [7, 11) is -3.51. The molecular weight excluding hydrogens is 286 g/mol. The Kier molecular flexibility index (Phi) is 7.14. The van der Waals surface area contributed by atoms with Crippen LogP contribution in [-0.4, -0.2) is 45.5 Å². The van der Waals surface area contributed by atoms with Gasteiger partial charge in [0.05, 0.1) is 5.69 Å². The molecule has 0 saturated carbocycles. The molecule has 0 bridgehead atoms. The van der Waals surface area contributed by atoms with Crippen molar-refractivity contribution >= 4 is 15.7 Å². The predicted molar refractivity (Wildman–Crippen MR) is 88.2 cm³/mol. The topological polar surface area (TPSA) is 61.4 Å². The van der Waals surface area contributed by atoms with Gasteiger partial charge in [-0.2, -0.15) is 0 Å². The average molecular weight is 313 g/mol. The molecule has 1 aromatic rings. The zero-order chi connectivity index (χ0) is 15.9. The van der Waals surface area contributed by atoms with E-state index >= 15 is 0 Å². The number of para-hydroxylation sites is 1. The Bertz CT molecular complexity index is 527. The van der Waals surface area contributed by atoms with Gasteiger partial charge in [-0.15, -0.1) is 0 Å². The molecule has 5 nitrogen and oxygen atoms in total. The number of sulfonamides is 1. The summed E-state index contributed by atoms with van der Waals surface area (Å²) in [6.45, 7) is 11.2. The van der Waals surface area contributed by atoms with Crippen LogP contribution in [0.25, 0.3) is 0 Å². The van der Waals surface area contributed by atoms with Gasteiger partial charge in [0, 0.05) is 19.1 Å². The van der Waals surface area contributed by atoms with Crippen molar-refractivity contribution in [3.63, 3.8) is 0 Å². The van der Waals surface area contributed by atoms with Crippen molar-refractivity contribution in [2.24, 2.45) is 0 Å². The van der Waals surface area contributed by atoms with Crippen LogP contribution < -0.4 is 10.0 Å². The summed E-state index contributed by atoms with van der Waals surface area (Å²) in [5.41, 5.74) is 0.641. The highest BCUT2D eigenvalue weighted by molar-refractivity contribution is 7.89. The molecule has 0 aliphatic heterocycles. The van der Waals surface area contributed by atoms with Crippen LogP contribution in [-0.2, 0) is 10.0 Å². The number of likely N-dealkylation sites (N-methyl/N-ethyl adjacent to an activating group) is 1. The highest BCUT2D eigenvalue weighted by Crippen LogP contribution is 2.20. The molecule has 0 aliphatic rings. The molecule has 0 amide bonds. The zero-order valence-electron chi connectivity index (χ0n) is 13.4. The molecule has 6 heteroatoms. The van der Waals surface area contributed by atoms with Crippen molar-refractivity contribution in [3.05, 3.63) is 24.3 Å². The van der Waals surface area contributed by atoms with Crippen molar-refractivity contribution in [2.75, 3.05) is 31.5 Å². The molecule has 1 rings (SSSR count). The lowest BCUT2D eigenvalue weighted by Gasteiger charge is -2.23. The molecule has 0 saturated heterocycles. The maximum atomic E-state index is 12.5. The first kappa shape index (κ1) is 17.9. The van der Waals surface area contributed by atoms with Crippen LogP contribution in [0.2, 0.25) is 0 Å². The SMILES string of the molecule is CCNc1ccccc1S(=O)(=O)NC(C)CN(CC)CC. The first-order chi connectivity index (χ1) is 9.94. The lowest BCUT2D eigenvalue weighted by atomic mass is 10.3. The van der Waals surface area contributed by atoms with Crippen molar-refractivity contribution in [1.82, 2.24) is 9.62 Å². The summed E-state index contributed by atoms with van der Waals surface area (Å²) in [4.78, 5) is 2.50. The first-order valence-corrected chi connectivity index (χ1v) is 9.00. The highest BCUT2D eigenvalue weighted by atomic mass is 32.2. The lowest BCUT2D eigenvalue weighted by molar-refractivity contribution is 0.282. The fourth-order valence-electron chi connectivity index (χ4n) is 2.27. The average Bonchev–Trinajstić information content (AvgIpc) is 2.45. The second kappa shape index (κ2) is 8.36. The van der Waals surface area contributed by atoms with Gasteiger partial charge in [-0.1, -0.05) is 26.0 Å². The number of hydrogen-bond acceptors (Lipinski definition) is 4. The number of nitrogens with zero attached hydrogens (tertiary/aromatic N) is 1. The summed E-state index contributed by atoms with van der Waals surface area (Å²) in [5, 5.41) is 3.09. The minimum atomic E-state index is -3.51. The number of rotatable bonds is 9. The maximum absolute atomic E-state index is 12.5. The Morgan fingerprint density at radius 2 is 1.76 bits per heavy atom. The van der Waals surface area contributed by atoms with E-state index in [4.69, 9.17) is 0 Å². The van der Waals surface area contributed by atoms with Gasteiger partial charge in [-0.3, -0.25) is 0 Å². The van der Waals surface area contributed by atoms with E-state index < -0.39 is 10.0 Å². The molecule has 1 atom stereocenters. The van der Waals surface area contributed by atoms with Gasteiger partial charge in [0.25, 0.3) is 0 Å². The van der Waals surface area contributed by atoms with E-state index in [2.05, 4.69) is 28.8 Å². The van der Waals surface area contributed by atoms with E-state index in [1.807, 2.05) is 19.9 Å². The summed E-state index contributed by atoms with van der Waals surface area (Å²) in [6.07, 6.45) is 0. The molecule has 1 unspecified atom stereocenters.